The standard InChI is InChI=1S/C12H12F2N2O3/c1-3-19-10(17)5-8-7(6-15)4-9(18-2)11(16-8)12(13)14/h4,12H,3,5H2,1-2H3. The molecule has 102 valence electrons. The molecule has 0 amide bonds. The lowest BCUT2D eigenvalue weighted by molar-refractivity contribution is -0.142. The molecule has 0 aliphatic heterocycles. The molecule has 0 spiro atoms. The number of esters is 1. The van der Waals surface area contributed by atoms with Crippen LogP contribution in [0.5, 0.6) is 5.75 Å². The average Bonchev–Trinajstić information content (AvgIpc) is 2.38. The molecule has 1 heterocycles. The largest absolute Gasteiger partial charge is 0.495 e. The Bertz CT molecular complexity index is 512. The van der Waals surface area contributed by atoms with Crippen molar-refractivity contribution in [2.24, 2.45) is 0 Å². The first-order valence-corrected chi connectivity index (χ1v) is 5.45. The molecule has 0 saturated heterocycles. The summed E-state index contributed by atoms with van der Waals surface area (Å²) in [5, 5.41) is 8.93. The highest BCUT2D eigenvalue weighted by Crippen LogP contribution is 2.29. The first-order chi connectivity index (χ1) is 9.03. The van der Waals surface area contributed by atoms with Gasteiger partial charge in [0.05, 0.1) is 31.4 Å². The van der Waals surface area contributed by atoms with Crippen LogP contribution in [0, 0.1) is 11.3 Å². The van der Waals surface area contributed by atoms with Gasteiger partial charge in [-0.3, -0.25) is 4.79 Å². The minimum absolute atomic E-state index is 0.00861. The Kier molecular flexibility index (Phi) is 5.18. The van der Waals surface area contributed by atoms with E-state index in [4.69, 9.17) is 14.7 Å². The molecule has 1 aromatic rings. The first-order valence-electron chi connectivity index (χ1n) is 5.45. The summed E-state index contributed by atoms with van der Waals surface area (Å²) in [5.74, 6) is -0.809. The van der Waals surface area contributed by atoms with Crippen molar-refractivity contribution in [2.45, 2.75) is 19.8 Å². The zero-order chi connectivity index (χ0) is 14.4. The van der Waals surface area contributed by atoms with Crippen molar-refractivity contribution in [1.82, 2.24) is 4.98 Å². The molecule has 0 fully saturated rings. The summed E-state index contributed by atoms with van der Waals surface area (Å²) in [7, 11) is 1.20. The van der Waals surface area contributed by atoms with Crippen LogP contribution in [0.25, 0.3) is 0 Å². The molecular weight excluding hydrogens is 258 g/mol. The van der Waals surface area contributed by atoms with Gasteiger partial charge in [0.25, 0.3) is 6.43 Å². The van der Waals surface area contributed by atoms with E-state index in [1.165, 1.54) is 7.11 Å². The Labute approximate surface area is 108 Å². The van der Waals surface area contributed by atoms with E-state index in [-0.39, 0.29) is 30.0 Å². The van der Waals surface area contributed by atoms with Gasteiger partial charge in [0.2, 0.25) is 0 Å². The van der Waals surface area contributed by atoms with Crippen LogP contribution in [0.15, 0.2) is 6.07 Å². The van der Waals surface area contributed by atoms with Gasteiger partial charge in [0.15, 0.2) is 0 Å². The maximum absolute atomic E-state index is 12.8. The quantitative estimate of drug-likeness (QED) is 0.765. The molecule has 0 aromatic carbocycles. The number of aromatic nitrogens is 1. The third-order valence-corrected chi connectivity index (χ3v) is 2.26. The summed E-state index contributed by atoms with van der Waals surface area (Å²) in [4.78, 5) is 15.0. The Morgan fingerprint density at radius 2 is 2.26 bits per heavy atom. The number of halogens is 2. The molecule has 0 atom stereocenters. The second kappa shape index (κ2) is 6.64. The lowest BCUT2D eigenvalue weighted by Gasteiger charge is -2.10. The molecule has 0 aliphatic carbocycles. The van der Waals surface area contributed by atoms with E-state index in [9.17, 15) is 13.6 Å². The summed E-state index contributed by atoms with van der Waals surface area (Å²) in [6, 6.07) is 2.93. The van der Waals surface area contributed by atoms with Gasteiger partial charge in [-0.25, -0.2) is 13.8 Å². The molecule has 19 heavy (non-hydrogen) atoms. The Hall–Kier alpha value is -2.23. The van der Waals surface area contributed by atoms with Gasteiger partial charge < -0.3 is 9.47 Å². The molecular formula is C12H12F2N2O3. The topological polar surface area (TPSA) is 72.2 Å². The lowest BCUT2D eigenvalue weighted by atomic mass is 10.1. The van der Waals surface area contributed by atoms with Crippen LogP contribution in [0.4, 0.5) is 8.78 Å². The zero-order valence-electron chi connectivity index (χ0n) is 10.4. The molecule has 7 heteroatoms. The first kappa shape index (κ1) is 14.8. The number of ether oxygens (including phenoxy) is 2. The molecule has 0 aliphatic rings. The molecule has 0 N–H and O–H groups in total. The molecule has 1 aromatic heterocycles. The molecule has 5 nitrogen and oxygen atoms in total. The van der Waals surface area contributed by atoms with Crippen LogP contribution in [0.3, 0.4) is 0 Å². The van der Waals surface area contributed by atoms with E-state index < -0.39 is 18.1 Å². The predicted molar refractivity (Wildman–Crippen MR) is 60.8 cm³/mol. The van der Waals surface area contributed by atoms with Gasteiger partial charge in [-0.15, -0.1) is 0 Å². The van der Waals surface area contributed by atoms with E-state index in [2.05, 4.69) is 4.98 Å². The summed E-state index contributed by atoms with van der Waals surface area (Å²) >= 11 is 0. The number of nitrogens with zero attached hydrogens (tertiary/aromatic N) is 2. The normalized spacial score (nSPS) is 10.1. The number of nitriles is 1. The molecule has 0 bridgehead atoms. The second-order valence-corrected chi connectivity index (χ2v) is 3.46. The SMILES string of the molecule is CCOC(=O)Cc1nc(C(F)F)c(OC)cc1C#N. The van der Waals surface area contributed by atoms with Gasteiger partial charge in [0, 0.05) is 6.07 Å². The van der Waals surface area contributed by atoms with Crippen molar-refractivity contribution >= 4 is 5.97 Å². The number of alkyl halides is 2. The zero-order valence-corrected chi connectivity index (χ0v) is 10.4. The van der Waals surface area contributed by atoms with Crippen molar-refractivity contribution < 1.29 is 23.0 Å². The minimum atomic E-state index is -2.86. The van der Waals surface area contributed by atoms with Crippen LogP contribution in [-0.4, -0.2) is 24.7 Å². The Morgan fingerprint density at radius 1 is 1.58 bits per heavy atom. The lowest BCUT2D eigenvalue weighted by Crippen LogP contribution is -2.12. The van der Waals surface area contributed by atoms with Crippen LogP contribution < -0.4 is 4.74 Å². The fourth-order valence-electron chi connectivity index (χ4n) is 1.45. The highest BCUT2D eigenvalue weighted by Gasteiger charge is 2.21. The minimum Gasteiger partial charge on any atom is -0.495 e. The number of carbonyl (C=O) groups is 1. The van der Waals surface area contributed by atoms with E-state index in [0.29, 0.717) is 0 Å². The second-order valence-electron chi connectivity index (χ2n) is 3.46. The predicted octanol–water partition coefficient (Wildman–Crippen LogP) is 2.01. The maximum Gasteiger partial charge on any atom is 0.311 e. The van der Waals surface area contributed by atoms with Gasteiger partial charge in [-0.2, -0.15) is 5.26 Å². The van der Waals surface area contributed by atoms with Crippen LogP contribution in [0.1, 0.15) is 30.3 Å². The number of pyridine rings is 1. The third kappa shape index (κ3) is 3.61. The van der Waals surface area contributed by atoms with Crippen LogP contribution in [0.2, 0.25) is 0 Å². The summed E-state index contributed by atoms with van der Waals surface area (Å²) in [6.07, 6.45) is -3.19. The number of hydrogen-bond donors (Lipinski definition) is 0. The molecule has 0 unspecified atom stereocenters. The number of carbonyl (C=O) groups excluding carboxylic acids is 1. The Morgan fingerprint density at radius 3 is 2.74 bits per heavy atom. The van der Waals surface area contributed by atoms with Crippen LogP contribution >= 0.6 is 0 Å². The van der Waals surface area contributed by atoms with Gasteiger partial charge in [0.1, 0.15) is 17.5 Å². The maximum atomic E-state index is 12.8. The molecule has 0 saturated carbocycles. The van der Waals surface area contributed by atoms with Gasteiger partial charge in [-0.1, -0.05) is 0 Å². The number of rotatable bonds is 5. The van der Waals surface area contributed by atoms with E-state index in [0.717, 1.165) is 6.07 Å². The summed E-state index contributed by atoms with van der Waals surface area (Å²) in [6.45, 7) is 1.79. The van der Waals surface area contributed by atoms with Crippen molar-refractivity contribution in [1.29, 1.82) is 5.26 Å². The third-order valence-electron chi connectivity index (χ3n) is 2.26. The van der Waals surface area contributed by atoms with E-state index in [1.807, 2.05) is 0 Å². The highest BCUT2D eigenvalue weighted by molar-refractivity contribution is 5.73. The molecule has 0 radical (unpaired) electrons. The van der Waals surface area contributed by atoms with Gasteiger partial charge in [-0.05, 0) is 6.92 Å². The van der Waals surface area contributed by atoms with Crippen LogP contribution in [-0.2, 0) is 16.0 Å². The smallest absolute Gasteiger partial charge is 0.311 e. The van der Waals surface area contributed by atoms with Crippen molar-refractivity contribution in [2.75, 3.05) is 13.7 Å². The van der Waals surface area contributed by atoms with Crippen molar-refractivity contribution in [3.63, 3.8) is 0 Å². The Balaban J connectivity index is 3.19. The summed E-state index contributed by atoms with van der Waals surface area (Å²) in [5.41, 5.74) is -0.632. The van der Waals surface area contributed by atoms with E-state index in [1.54, 1.807) is 13.0 Å². The van der Waals surface area contributed by atoms with Gasteiger partial charge >= 0.3 is 5.97 Å². The monoisotopic (exact) mass is 270 g/mol. The average molecular weight is 270 g/mol. The number of methoxy groups -OCH3 is 1. The fraction of sp³-hybridized carbons (Fsp3) is 0.417. The molecule has 1 rings (SSSR count). The fourth-order valence-corrected chi connectivity index (χ4v) is 1.45. The highest BCUT2D eigenvalue weighted by atomic mass is 19.3. The van der Waals surface area contributed by atoms with Crippen molar-refractivity contribution in [3.05, 3.63) is 23.0 Å². The van der Waals surface area contributed by atoms with Crippen molar-refractivity contribution in [3.8, 4) is 11.8 Å². The van der Waals surface area contributed by atoms with E-state index >= 15 is 0 Å². The number of hydrogen-bond acceptors (Lipinski definition) is 5. The summed E-state index contributed by atoms with van der Waals surface area (Å²) < 4.78 is 35.0.